The zero-order valence-electron chi connectivity index (χ0n) is 21.6. The SMILES string of the molecule is Cc1ccc(N2C(=O)/C(=C/c3cn(CC(=O)N4CCCC[C@@H]4C)c4ccc(Br)cc34)N(C)C2=S)cc1C. The molecule has 2 aliphatic heterocycles. The summed E-state index contributed by atoms with van der Waals surface area (Å²) >= 11 is 9.27. The van der Waals surface area contributed by atoms with Crippen molar-refractivity contribution in [3.63, 3.8) is 0 Å². The molecule has 3 heterocycles. The lowest BCUT2D eigenvalue weighted by Gasteiger charge is -2.33. The number of benzene rings is 2. The quantitative estimate of drug-likeness (QED) is 0.280. The molecule has 192 valence electrons. The molecular formula is C29H31BrN4O2S. The number of likely N-dealkylation sites (N-methyl/N-ethyl adjacent to an activating group) is 1. The minimum absolute atomic E-state index is 0.127. The summed E-state index contributed by atoms with van der Waals surface area (Å²) < 4.78 is 2.93. The first-order chi connectivity index (χ1) is 17.7. The smallest absolute Gasteiger partial charge is 0.281 e. The Morgan fingerprint density at radius 2 is 1.92 bits per heavy atom. The van der Waals surface area contributed by atoms with Gasteiger partial charge in [0.2, 0.25) is 5.91 Å². The van der Waals surface area contributed by atoms with Crippen LogP contribution in [0.15, 0.2) is 52.8 Å². The average molecular weight is 580 g/mol. The normalized spacial score (nSPS) is 19.5. The molecule has 2 saturated heterocycles. The molecule has 1 aromatic heterocycles. The van der Waals surface area contributed by atoms with E-state index in [0.29, 0.717) is 10.8 Å². The molecule has 3 aromatic rings. The topological polar surface area (TPSA) is 48.8 Å². The van der Waals surface area contributed by atoms with E-state index in [1.54, 1.807) is 9.80 Å². The highest BCUT2D eigenvalue weighted by Gasteiger charge is 2.37. The Hall–Kier alpha value is -2.97. The van der Waals surface area contributed by atoms with Crippen LogP contribution in [0, 0.1) is 13.8 Å². The van der Waals surface area contributed by atoms with Crippen molar-refractivity contribution < 1.29 is 9.59 Å². The summed E-state index contributed by atoms with van der Waals surface area (Å²) in [6, 6.07) is 12.2. The Balaban J connectivity index is 1.52. The van der Waals surface area contributed by atoms with E-state index in [4.69, 9.17) is 12.2 Å². The minimum Gasteiger partial charge on any atom is -0.338 e. The Morgan fingerprint density at radius 3 is 2.65 bits per heavy atom. The van der Waals surface area contributed by atoms with E-state index < -0.39 is 0 Å². The number of thiocarbonyl (C=S) groups is 1. The van der Waals surface area contributed by atoms with Crippen LogP contribution in [0.1, 0.15) is 42.9 Å². The highest BCUT2D eigenvalue weighted by Crippen LogP contribution is 2.32. The van der Waals surface area contributed by atoms with Crippen molar-refractivity contribution in [3.05, 3.63) is 69.5 Å². The van der Waals surface area contributed by atoms with Gasteiger partial charge >= 0.3 is 0 Å². The summed E-state index contributed by atoms with van der Waals surface area (Å²) in [7, 11) is 1.82. The van der Waals surface area contributed by atoms with Crippen molar-refractivity contribution in [2.45, 2.75) is 52.6 Å². The van der Waals surface area contributed by atoms with Gasteiger partial charge < -0.3 is 14.4 Å². The third kappa shape index (κ3) is 4.73. The number of carbonyl (C=O) groups excluding carboxylic acids is 2. The minimum atomic E-state index is -0.162. The van der Waals surface area contributed by atoms with Crippen molar-refractivity contribution in [2.75, 3.05) is 18.5 Å². The molecule has 0 radical (unpaired) electrons. The second-order valence-corrected chi connectivity index (χ2v) is 11.4. The van der Waals surface area contributed by atoms with E-state index in [0.717, 1.165) is 57.1 Å². The monoisotopic (exact) mass is 578 g/mol. The zero-order valence-corrected chi connectivity index (χ0v) is 24.0. The molecular weight excluding hydrogens is 548 g/mol. The van der Waals surface area contributed by atoms with Gasteiger partial charge in [0.1, 0.15) is 12.2 Å². The van der Waals surface area contributed by atoms with Crippen molar-refractivity contribution in [3.8, 4) is 0 Å². The molecule has 5 rings (SSSR count). The lowest BCUT2D eigenvalue weighted by Crippen LogP contribution is -2.43. The predicted molar refractivity (Wildman–Crippen MR) is 156 cm³/mol. The summed E-state index contributed by atoms with van der Waals surface area (Å²) in [4.78, 5) is 32.2. The van der Waals surface area contributed by atoms with Gasteiger partial charge in [-0.25, -0.2) is 0 Å². The number of rotatable bonds is 4. The van der Waals surface area contributed by atoms with Crippen LogP contribution in [-0.4, -0.2) is 50.9 Å². The number of hydrogen-bond acceptors (Lipinski definition) is 3. The Kier molecular flexibility index (Phi) is 6.98. The van der Waals surface area contributed by atoms with Crippen LogP contribution in [0.4, 0.5) is 5.69 Å². The molecule has 0 spiro atoms. The van der Waals surface area contributed by atoms with Crippen LogP contribution in [-0.2, 0) is 16.1 Å². The average Bonchev–Trinajstić information content (AvgIpc) is 3.30. The van der Waals surface area contributed by atoms with Crippen molar-refractivity contribution in [1.82, 2.24) is 14.4 Å². The summed E-state index contributed by atoms with van der Waals surface area (Å²) in [6.07, 6.45) is 7.13. The molecule has 0 N–H and O–H groups in total. The summed E-state index contributed by atoms with van der Waals surface area (Å²) in [5.74, 6) is -0.0350. The molecule has 8 heteroatoms. The second-order valence-electron chi connectivity index (χ2n) is 10.1. The van der Waals surface area contributed by atoms with Crippen LogP contribution in [0.3, 0.4) is 0 Å². The highest BCUT2D eigenvalue weighted by atomic mass is 79.9. The second kappa shape index (κ2) is 10.1. The van der Waals surface area contributed by atoms with Crippen LogP contribution >= 0.6 is 28.1 Å². The summed E-state index contributed by atoms with van der Waals surface area (Å²) in [5.41, 5.74) is 5.36. The number of nitrogens with zero attached hydrogens (tertiary/aromatic N) is 4. The fraction of sp³-hybridized carbons (Fsp3) is 0.345. The predicted octanol–water partition coefficient (Wildman–Crippen LogP) is 6.03. The van der Waals surface area contributed by atoms with Gasteiger partial charge in [0.25, 0.3) is 5.91 Å². The molecule has 2 amide bonds. The van der Waals surface area contributed by atoms with Gasteiger partial charge in [-0.2, -0.15) is 0 Å². The number of hydrogen-bond donors (Lipinski definition) is 0. The molecule has 2 aromatic carbocycles. The number of fused-ring (bicyclic) bond motifs is 1. The first kappa shape index (κ1) is 25.7. The number of aryl methyl sites for hydroxylation is 2. The Bertz CT molecular complexity index is 1460. The summed E-state index contributed by atoms with van der Waals surface area (Å²) in [5, 5.41) is 1.41. The first-order valence-electron chi connectivity index (χ1n) is 12.6. The van der Waals surface area contributed by atoms with Gasteiger partial charge in [-0.1, -0.05) is 22.0 Å². The largest absolute Gasteiger partial charge is 0.338 e. The van der Waals surface area contributed by atoms with E-state index in [-0.39, 0.29) is 24.4 Å². The lowest BCUT2D eigenvalue weighted by atomic mass is 10.0. The standard InChI is InChI=1S/C29H31BrN4O2S/c1-18-8-10-23(13-19(18)2)34-28(36)26(31(4)29(34)37)14-21-16-32(25-11-9-22(30)15-24(21)25)17-27(35)33-12-6-5-7-20(33)3/h8-11,13-16,20H,5-7,12,17H2,1-4H3/b26-14-/t20-/m0/s1. The lowest BCUT2D eigenvalue weighted by molar-refractivity contribution is -0.135. The van der Waals surface area contributed by atoms with E-state index >= 15 is 0 Å². The van der Waals surface area contributed by atoms with Crippen LogP contribution < -0.4 is 4.90 Å². The maximum absolute atomic E-state index is 13.6. The molecule has 37 heavy (non-hydrogen) atoms. The summed E-state index contributed by atoms with van der Waals surface area (Å²) in [6.45, 7) is 7.28. The number of likely N-dealkylation sites (tertiary alicyclic amines) is 1. The van der Waals surface area contributed by atoms with Crippen molar-refractivity contribution >= 4 is 67.7 Å². The maximum atomic E-state index is 13.6. The highest BCUT2D eigenvalue weighted by molar-refractivity contribution is 9.10. The third-order valence-corrected chi connectivity index (χ3v) is 8.56. The van der Waals surface area contributed by atoms with Gasteiger partial charge in [-0.15, -0.1) is 0 Å². The van der Waals surface area contributed by atoms with Crippen molar-refractivity contribution in [1.29, 1.82) is 0 Å². The third-order valence-electron chi connectivity index (χ3n) is 7.61. The molecule has 0 saturated carbocycles. The van der Waals surface area contributed by atoms with Crippen LogP contribution in [0.25, 0.3) is 17.0 Å². The number of amides is 2. The molecule has 1 atom stereocenters. The Morgan fingerprint density at radius 1 is 1.14 bits per heavy atom. The molecule has 0 aliphatic carbocycles. The van der Waals surface area contributed by atoms with E-state index in [2.05, 4.69) is 22.9 Å². The molecule has 6 nitrogen and oxygen atoms in total. The fourth-order valence-electron chi connectivity index (χ4n) is 5.24. The van der Waals surface area contributed by atoms with E-state index in [1.165, 1.54) is 6.42 Å². The zero-order chi connectivity index (χ0) is 26.4. The first-order valence-corrected chi connectivity index (χ1v) is 13.8. The number of carbonyl (C=O) groups is 2. The molecule has 2 aliphatic rings. The number of anilines is 1. The van der Waals surface area contributed by atoms with Gasteiger partial charge in [-0.05, 0) is 99.8 Å². The molecule has 0 unspecified atom stereocenters. The van der Waals surface area contributed by atoms with Gasteiger partial charge in [0.05, 0.1) is 5.69 Å². The van der Waals surface area contributed by atoms with Gasteiger partial charge in [0, 0.05) is 46.8 Å². The Labute approximate surface area is 231 Å². The van der Waals surface area contributed by atoms with Crippen LogP contribution in [0.5, 0.6) is 0 Å². The number of halogens is 1. The maximum Gasteiger partial charge on any atom is 0.281 e. The molecule has 2 fully saturated rings. The van der Waals surface area contributed by atoms with Crippen LogP contribution in [0.2, 0.25) is 0 Å². The molecule has 0 bridgehead atoms. The van der Waals surface area contributed by atoms with Gasteiger partial charge in [0.15, 0.2) is 5.11 Å². The van der Waals surface area contributed by atoms with Gasteiger partial charge in [-0.3, -0.25) is 14.5 Å². The van der Waals surface area contributed by atoms with E-state index in [9.17, 15) is 9.59 Å². The number of piperidine rings is 1. The fourth-order valence-corrected chi connectivity index (χ4v) is 5.89. The number of aromatic nitrogens is 1. The van der Waals surface area contributed by atoms with E-state index in [1.807, 2.05) is 79.0 Å². The van der Waals surface area contributed by atoms with Crippen molar-refractivity contribution in [2.24, 2.45) is 0 Å².